The van der Waals surface area contributed by atoms with E-state index in [9.17, 15) is 4.79 Å². The molecule has 0 unspecified atom stereocenters. The summed E-state index contributed by atoms with van der Waals surface area (Å²) in [5.74, 6) is -0.203. The molecule has 1 amide bonds. The Labute approximate surface area is 117 Å². The van der Waals surface area contributed by atoms with Crippen LogP contribution in [0.25, 0.3) is 0 Å². The molecule has 1 heterocycles. The normalized spacial score (nSPS) is 10.4. The van der Waals surface area contributed by atoms with Gasteiger partial charge >= 0.3 is 0 Å². The Morgan fingerprint density at radius 3 is 2.80 bits per heavy atom. The van der Waals surface area contributed by atoms with Gasteiger partial charge in [0.1, 0.15) is 0 Å². The standard InChI is InChI=1S/C15H16N4O/c1-12-4-6-14(7-5-12)17-11-15(20)19-18-10-13-3-2-8-16-9-13/h2-10,17H,11H2,1H3,(H,19,20). The van der Waals surface area contributed by atoms with Crippen LogP contribution in [-0.4, -0.2) is 23.7 Å². The van der Waals surface area contributed by atoms with E-state index in [4.69, 9.17) is 0 Å². The van der Waals surface area contributed by atoms with Crippen LogP contribution in [0.3, 0.4) is 0 Å². The molecule has 0 aliphatic carbocycles. The summed E-state index contributed by atoms with van der Waals surface area (Å²) in [4.78, 5) is 15.5. The molecule has 0 saturated carbocycles. The minimum Gasteiger partial charge on any atom is -0.376 e. The van der Waals surface area contributed by atoms with Gasteiger partial charge in [-0.15, -0.1) is 0 Å². The Morgan fingerprint density at radius 1 is 1.30 bits per heavy atom. The summed E-state index contributed by atoms with van der Waals surface area (Å²) in [6, 6.07) is 11.5. The lowest BCUT2D eigenvalue weighted by Gasteiger charge is -2.05. The first kappa shape index (κ1) is 13.7. The van der Waals surface area contributed by atoms with Gasteiger partial charge in [-0.2, -0.15) is 5.10 Å². The number of pyridine rings is 1. The minimum atomic E-state index is -0.203. The van der Waals surface area contributed by atoms with Crippen molar-refractivity contribution in [3.8, 4) is 0 Å². The first-order chi connectivity index (χ1) is 9.74. The molecule has 0 fully saturated rings. The summed E-state index contributed by atoms with van der Waals surface area (Å²) in [7, 11) is 0. The molecule has 2 N–H and O–H groups in total. The maximum absolute atomic E-state index is 11.6. The highest BCUT2D eigenvalue weighted by molar-refractivity contribution is 5.84. The van der Waals surface area contributed by atoms with E-state index in [0.717, 1.165) is 11.3 Å². The Bertz CT molecular complexity index is 579. The van der Waals surface area contributed by atoms with Crippen LogP contribution in [0.1, 0.15) is 11.1 Å². The van der Waals surface area contributed by atoms with Crippen LogP contribution in [0.2, 0.25) is 0 Å². The summed E-state index contributed by atoms with van der Waals surface area (Å²) in [5, 5.41) is 6.89. The summed E-state index contributed by atoms with van der Waals surface area (Å²) >= 11 is 0. The van der Waals surface area contributed by atoms with E-state index in [0.29, 0.717) is 0 Å². The van der Waals surface area contributed by atoms with Gasteiger partial charge in [0.25, 0.3) is 5.91 Å². The fourth-order valence-corrected chi connectivity index (χ4v) is 1.52. The van der Waals surface area contributed by atoms with Crippen molar-refractivity contribution in [1.82, 2.24) is 10.4 Å². The van der Waals surface area contributed by atoms with E-state index < -0.39 is 0 Å². The van der Waals surface area contributed by atoms with Crippen molar-refractivity contribution >= 4 is 17.8 Å². The quantitative estimate of drug-likeness (QED) is 0.643. The van der Waals surface area contributed by atoms with Crippen LogP contribution in [0.4, 0.5) is 5.69 Å². The number of aromatic nitrogens is 1. The van der Waals surface area contributed by atoms with Crippen LogP contribution in [0.15, 0.2) is 53.9 Å². The number of amides is 1. The molecule has 20 heavy (non-hydrogen) atoms. The molecule has 0 saturated heterocycles. The lowest BCUT2D eigenvalue weighted by molar-refractivity contribution is -0.119. The van der Waals surface area contributed by atoms with Gasteiger partial charge in [0, 0.05) is 23.6 Å². The Morgan fingerprint density at radius 2 is 2.10 bits per heavy atom. The lowest BCUT2D eigenvalue weighted by atomic mass is 10.2. The Kier molecular flexibility index (Phi) is 4.83. The molecule has 0 aliphatic heterocycles. The molecule has 5 nitrogen and oxygen atoms in total. The van der Waals surface area contributed by atoms with E-state index in [1.807, 2.05) is 43.3 Å². The number of hydrazone groups is 1. The average molecular weight is 268 g/mol. The van der Waals surface area contributed by atoms with Crippen molar-refractivity contribution in [3.63, 3.8) is 0 Å². The largest absolute Gasteiger partial charge is 0.376 e. The first-order valence-electron chi connectivity index (χ1n) is 6.26. The summed E-state index contributed by atoms with van der Waals surface area (Å²) < 4.78 is 0. The number of carbonyl (C=O) groups is 1. The zero-order valence-electron chi connectivity index (χ0n) is 11.2. The fraction of sp³-hybridized carbons (Fsp3) is 0.133. The van der Waals surface area contributed by atoms with E-state index >= 15 is 0 Å². The topological polar surface area (TPSA) is 66.4 Å². The predicted octanol–water partition coefficient (Wildman–Crippen LogP) is 1.95. The van der Waals surface area contributed by atoms with Gasteiger partial charge in [-0.25, -0.2) is 5.43 Å². The number of anilines is 1. The molecule has 102 valence electrons. The molecule has 5 heteroatoms. The smallest absolute Gasteiger partial charge is 0.259 e. The molecule has 1 aromatic heterocycles. The molecular weight excluding hydrogens is 252 g/mol. The number of aryl methyl sites for hydroxylation is 1. The molecule has 0 spiro atoms. The van der Waals surface area contributed by atoms with Crippen LogP contribution in [-0.2, 0) is 4.79 Å². The molecule has 2 aromatic rings. The third-order valence-electron chi connectivity index (χ3n) is 2.59. The molecule has 0 aliphatic rings. The zero-order valence-corrected chi connectivity index (χ0v) is 11.2. The number of benzene rings is 1. The maximum Gasteiger partial charge on any atom is 0.259 e. The van der Waals surface area contributed by atoms with Crippen LogP contribution in [0.5, 0.6) is 0 Å². The third kappa shape index (κ3) is 4.53. The number of hydrogen-bond acceptors (Lipinski definition) is 4. The van der Waals surface area contributed by atoms with Gasteiger partial charge in [0.05, 0.1) is 12.8 Å². The molecule has 0 atom stereocenters. The summed E-state index contributed by atoms with van der Waals surface area (Å²) in [6.07, 6.45) is 4.90. The molecule has 0 bridgehead atoms. The Balaban J connectivity index is 1.76. The molecule has 0 radical (unpaired) electrons. The van der Waals surface area contributed by atoms with Crippen LogP contribution >= 0.6 is 0 Å². The zero-order chi connectivity index (χ0) is 14.2. The van der Waals surface area contributed by atoms with E-state index in [-0.39, 0.29) is 12.5 Å². The minimum absolute atomic E-state index is 0.174. The van der Waals surface area contributed by atoms with Crippen molar-refractivity contribution in [1.29, 1.82) is 0 Å². The van der Waals surface area contributed by atoms with Crippen molar-refractivity contribution in [2.24, 2.45) is 5.10 Å². The van der Waals surface area contributed by atoms with E-state index in [1.165, 1.54) is 5.56 Å². The molecule has 2 rings (SSSR count). The van der Waals surface area contributed by atoms with Crippen molar-refractivity contribution in [2.45, 2.75) is 6.92 Å². The van der Waals surface area contributed by atoms with E-state index in [2.05, 4.69) is 20.8 Å². The third-order valence-corrected chi connectivity index (χ3v) is 2.59. The van der Waals surface area contributed by atoms with Gasteiger partial charge < -0.3 is 5.32 Å². The highest BCUT2D eigenvalue weighted by atomic mass is 16.2. The van der Waals surface area contributed by atoms with Crippen molar-refractivity contribution < 1.29 is 4.79 Å². The second-order valence-electron chi connectivity index (χ2n) is 4.30. The lowest BCUT2D eigenvalue weighted by Crippen LogP contribution is -2.25. The second-order valence-corrected chi connectivity index (χ2v) is 4.30. The van der Waals surface area contributed by atoms with Gasteiger partial charge in [-0.1, -0.05) is 23.8 Å². The van der Waals surface area contributed by atoms with Gasteiger partial charge in [0.2, 0.25) is 0 Å². The predicted molar refractivity (Wildman–Crippen MR) is 79.6 cm³/mol. The summed E-state index contributed by atoms with van der Waals surface area (Å²) in [5.41, 5.74) is 5.37. The van der Waals surface area contributed by atoms with Crippen molar-refractivity contribution in [2.75, 3.05) is 11.9 Å². The van der Waals surface area contributed by atoms with E-state index in [1.54, 1.807) is 18.6 Å². The second kappa shape index (κ2) is 7.04. The maximum atomic E-state index is 11.6. The highest BCUT2D eigenvalue weighted by Gasteiger charge is 1.98. The number of nitrogens with zero attached hydrogens (tertiary/aromatic N) is 2. The Hall–Kier alpha value is -2.69. The molecular formula is C15H16N4O. The van der Waals surface area contributed by atoms with Crippen LogP contribution < -0.4 is 10.7 Å². The van der Waals surface area contributed by atoms with Gasteiger partial charge in [0.15, 0.2) is 0 Å². The monoisotopic (exact) mass is 268 g/mol. The number of hydrogen-bond donors (Lipinski definition) is 2. The number of carbonyl (C=O) groups excluding carboxylic acids is 1. The first-order valence-corrected chi connectivity index (χ1v) is 6.26. The summed E-state index contributed by atoms with van der Waals surface area (Å²) in [6.45, 7) is 2.19. The molecule has 1 aromatic carbocycles. The van der Waals surface area contributed by atoms with Crippen LogP contribution in [0, 0.1) is 6.92 Å². The van der Waals surface area contributed by atoms with Gasteiger partial charge in [-0.05, 0) is 25.1 Å². The number of rotatable bonds is 5. The average Bonchev–Trinajstić information content (AvgIpc) is 2.48. The van der Waals surface area contributed by atoms with Crippen molar-refractivity contribution in [3.05, 3.63) is 59.9 Å². The SMILES string of the molecule is Cc1ccc(NCC(=O)NN=Cc2cccnc2)cc1. The highest BCUT2D eigenvalue weighted by Crippen LogP contribution is 2.07. The van der Waals surface area contributed by atoms with Gasteiger partial charge in [-0.3, -0.25) is 9.78 Å². The fourth-order valence-electron chi connectivity index (χ4n) is 1.52. The number of nitrogens with one attached hydrogen (secondary N) is 2.